The summed E-state index contributed by atoms with van der Waals surface area (Å²) in [7, 11) is 0. The lowest BCUT2D eigenvalue weighted by Gasteiger charge is -2.23. The molecule has 1 amide bonds. The molecule has 4 aromatic rings. The van der Waals surface area contributed by atoms with Crippen LogP contribution in [0.4, 0.5) is 4.39 Å². The van der Waals surface area contributed by atoms with Gasteiger partial charge in [0.2, 0.25) is 0 Å². The first kappa shape index (κ1) is 25.1. The Balaban J connectivity index is 1.68. The number of halogens is 3. The number of alkyl halides is 1. The van der Waals surface area contributed by atoms with Crippen LogP contribution < -0.4 is 5.56 Å². The first-order chi connectivity index (χ1) is 17.7. The van der Waals surface area contributed by atoms with Crippen LogP contribution in [0, 0.1) is 0 Å². The van der Waals surface area contributed by atoms with E-state index in [-0.39, 0.29) is 17.7 Å². The fraction of sp³-hybridized carbons (Fsp3) is 0.160. The summed E-state index contributed by atoms with van der Waals surface area (Å²) in [4.78, 5) is 44.4. The summed E-state index contributed by atoms with van der Waals surface area (Å²) in [6.45, 7) is 0. The van der Waals surface area contributed by atoms with E-state index in [0.29, 0.717) is 37.1 Å². The van der Waals surface area contributed by atoms with Gasteiger partial charge in [-0.1, -0.05) is 47.5 Å². The number of thiazole rings is 1. The normalized spacial score (nSPS) is 16.1. The number of aliphatic carboxylic acids is 1. The molecule has 5 rings (SSSR count). The number of fused-ring (bicyclic) bond motifs is 1. The minimum Gasteiger partial charge on any atom is -0.481 e. The Labute approximate surface area is 223 Å². The van der Waals surface area contributed by atoms with Gasteiger partial charge in [0.1, 0.15) is 0 Å². The number of carboxylic acid groups (broad SMARTS) is 1. The van der Waals surface area contributed by atoms with E-state index >= 15 is 0 Å². The Morgan fingerprint density at radius 2 is 1.76 bits per heavy atom. The van der Waals surface area contributed by atoms with Crippen molar-refractivity contribution < 1.29 is 19.1 Å². The lowest BCUT2D eigenvalue weighted by molar-refractivity contribution is -0.146. The number of rotatable bonds is 6. The molecule has 1 unspecified atom stereocenters. The van der Waals surface area contributed by atoms with Crippen LogP contribution in [-0.4, -0.2) is 43.8 Å². The van der Waals surface area contributed by atoms with Gasteiger partial charge in [-0.05, 0) is 35.4 Å². The van der Waals surface area contributed by atoms with Crippen LogP contribution in [0.2, 0.25) is 10.0 Å². The van der Waals surface area contributed by atoms with Gasteiger partial charge in [-0.15, -0.1) is 11.3 Å². The van der Waals surface area contributed by atoms with Gasteiger partial charge in [0, 0.05) is 22.0 Å². The third-order valence-corrected chi connectivity index (χ3v) is 7.29. The summed E-state index contributed by atoms with van der Waals surface area (Å²) in [5.74, 6) is -2.56. The molecule has 0 fully saturated rings. The molecule has 8 nitrogen and oxygen atoms in total. The second kappa shape index (κ2) is 10.0. The molecule has 0 aliphatic carbocycles. The zero-order valence-corrected chi connectivity index (χ0v) is 21.1. The zero-order valence-electron chi connectivity index (χ0n) is 18.8. The summed E-state index contributed by atoms with van der Waals surface area (Å²) < 4.78 is 15.4. The Hall–Kier alpha value is -3.60. The first-order valence-electron chi connectivity index (χ1n) is 11.0. The summed E-state index contributed by atoms with van der Waals surface area (Å²) in [5.41, 5.74) is 3.82. The fourth-order valence-corrected chi connectivity index (χ4v) is 5.34. The predicted molar refractivity (Wildman–Crippen MR) is 140 cm³/mol. The highest BCUT2D eigenvalue weighted by molar-refractivity contribution is 7.17. The van der Waals surface area contributed by atoms with Crippen molar-refractivity contribution in [1.82, 2.24) is 15.0 Å². The quantitative estimate of drug-likeness (QED) is 0.326. The predicted octanol–water partition coefficient (Wildman–Crippen LogP) is 5.45. The number of carbonyl (C=O) groups is 2. The molecule has 0 saturated carbocycles. The van der Waals surface area contributed by atoms with Gasteiger partial charge >= 0.3 is 5.97 Å². The van der Waals surface area contributed by atoms with Crippen LogP contribution in [0.1, 0.15) is 30.0 Å². The molecule has 37 heavy (non-hydrogen) atoms. The van der Waals surface area contributed by atoms with Crippen LogP contribution >= 0.6 is 34.5 Å². The maximum Gasteiger partial charge on any atom is 0.306 e. The van der Waals surface area contributed by atoms with Crippen LogP contribution in [0.15, 0.2) is 63.9 Å². The lowest BCUT2D eigenvalue weighted by Crippen LogP contribution is -2.35. The number of carbonyl (C=O) groups excluding carboxylic acids is 1. The standard InChI is InChI=1S/C25H17Cl2FN4O4S/c26-14-5-1-12(2-6-14)18-10-17(31-32(18)25(36)16(28)9-19(33)34)21-20(13-3-7-15(27)8-4-13)22-23(29-11-37-22)30-24(21)35/h1-8,11,16,18H,9-10H2,(H,30,35)(H,33,34)/t16?,18-/m0/s1. The molecule has 1 aliphatic heterocycles. The lowest BCUT2D eigenvalue weighted by atomic mass is 9.93. The van der Waals surface area contributed by atoms with E-state index in [1.807, 2.05) is 0 Å². The van der Waals surface area contributed by atoms with Crippen molar-refractivity contribution in [3.05, 3.63) is 85.6 Å². The van der Waals surface area contributed by atoms with Gasteiger partial charge < -0.3 is 10.1 Å². The third kappa shape index (κ3) is 4.87. The van der Waals surface area contributed by atoms with Gasteiger partial charge in [-0.25, -0.2) is 14.4 Å². The molecule has 2 aromatic carbocycles. The zero-order chi connectivity index (χ0) is 26.3. The topological polar surface area (TPSA) is 116 Å². The molecule has 0 bridgehead atoms. The number of benzene rings is 2. The van der Waals surface area contributed by atoms with E-state index in [1.165, 1.54) is 11.3 Å². The van der Waals surface area contributed by atoms with E-state index in [4.69, 9.17) is 28.3 Å². The molecule has 2 aromatic heterocycles. The maximum absolute atomic E-state index is 14.7. The number of pyridine rings is 1. The molecule has 0 spiro atoms. The van der Waals surface area contributed by atoms with E-state index < -0.39 is 36.1 Å². The average Bonchev–Trinajstić information content (AvgIpc) is 3.50. The summed E-state index contributed by atoms with van der Waals surface area (Å²) in [6, 6.07) is 12.7. The minimum atomic E-state index is -2.31. The minimum absolute atomic E-state index is 0.0845. The smallest absolute Gasteiger partial charge is 0.306 e. The first-order valence-corrected chi connectivity index (χ1v) is 12.6. The van der Waals surface area contributed by atoms with Crippen molar-refractivity contribution in [2.24, 2.45) is 5.10 Å². The van der Waals surface area contributed by atoms with Gasteiger partial charge in [-0.3, -0.25) is 14.4 Å². The highest BCUT2D eigenvalue weighted by Crippen LogP contribution is 2.38. The highest BCUT2D eigenvalue weighted by Gasteiger charge is 2.39. The van der Waals surface area contributed by atoms with Crippen molar-refractivity contribution in [3.8, 4) is 11.1 Å². The second-order valence-corrected chi connectivity index (χ2v) is 10.0. The fourth-order valence-electron chi connectivity index (χ4n) is 4.27. The molecule has 188 valence electrons. The van der Waals surface area contributed by atoms with Crippen LogP contribution in [0.25, 0.3) is 21.5 Å². The van der Waals surface area contributed by atoms with Crippen molar-refractivity contribution in [1.29, 1.82) is 0 Å². The number of nitrogens with zero attached hydrogens (tertiary/aromatic N) is 3. The van der Waals surface area contributed by atoms with E-state index in [2.05, 4.69) is 15.1 Å². The molecule has 1 aliphatic rings. The number of aromatic nitrogens is 2. The largest absolute Gasteiger partial charge is 0.481 e. The van der Waals surface area contributed by atoms with Crippen LogP contribution in [0.3, 0.4) is 0 Å². The number of H-pyrrole nitrogens is 1. The van der Waals surface area contributed by atoms with Gasteiger partial charge in [0.25, 0.3) is 11.5 Å². The molecular formula is C25H17Cl2FN4O4S. The second-order valence-electron chi connectivity index (χ2n) is 8.31. The van der Waals surface area contributed by atoms with Crippen molar-refractivity contribution in [2.45, 2.75) is 25.1 Å². The van der Waals surface area contributed by atoms with Crippen LogP contribution in [0.5, 0.6) is 0 Å². The van der Waals surface area contributed by atoms with Gasteiger partial charge in [0.15, 0.2) is 11.8 Å². The molecule has 3 heterocycles. The molecule has 2 atom stereocenters. The molecule has 0 radical (unpaired) electrons. The number of aromatic amines is 1. The Bertz CT molecular complexity index is 1600. The van der Waals surface area contributed by atoms with E-state index in [1.54, 1.807) is 54.0 Å². The van der Waals surface area contributed by atoms with Gasteiger partial charge in [0.05, 0.1) is 33.9 Å². The number of nitrogens with one attached hydrogen (secondary N) is 1. The SMILES string of the molecule is O=C(O)CC(F)C(=O)N1N=C(c2c(-c3ccc(Cl)cc3)c3scnc3[nH]c2=O)C[C@H]1c1ccc(Cl)cc1. The Morgan fingerprint density at radius 1 is 1.11 bits per heavy atom. The number of hydrogen-bond acceptors (Lipinski definition) is 6. The van der Waals surface area contributed by atoms with Crippen molar-refractivity contribution in [2.75, 3.05) is 0 Å². The summed E-state index contributed by atoms with van der Waals surface area (Å²) in [5, 5.41) is 15.3. The van der Waals surface area contributed by atoms with Crippen molar-refractivity contribution in [3.63, 3.8) is 0 Å². The molecule has 2 N–H and O–H groups in total. The molecule has 0 saturated heterocycles. The number of amides is 1. The Morgan fingerprint density at radius 3 is 2.41 bits per heavy atom. The average molecular weight is 559 g/mol. The number of carboxylic acids is 1. The van der Waals surface area contributed by atoms with E-state index in [0.717, 1.165) is 5.01 Å². The number of hydrogen-bond donors (Lipinski definition) is 2. The molecule has 12 heteroatoms. The maximum atomic E-state index is 14.7. The Kier molecular flexibility index (Phi) is 6.80. The summed E-state index contributed by atoms with van der Waals surface area (Å²) in [6.07, 6.45) is -3.23. The molecular weight excluding hydrogens is 542 g/mol. The summed E-state index contributed by atoms with van der Waals surface area (Å²) >= 11 is 13.4. The van der Waals surface area contributed by atoms with Crippen molar-refractivity contribution >= 4 is 62.5 Å². The highest BCUT2D eigenvalue weighted by atomic mass is 35.5. The monoisotopic (exact) mass is 558 g/mol. The van der Waals surface area contributed by atoms with Crippen LogP contribution in [-0.2, 0) is 9.59 Å². The van der Waals surface area contributed by atoms with E-state index in [9.17, 15) is 18.8 Å². The van der Waals surface area contributed by atoms with Gasteiger partial charge in [-0.2, -0.15) is 5.10 Å². The number of hydrazone groups is 1. The third-order valence-electron chi connectivity index (χ3n) is 5.94.